The molecule has 0 aliphatic heterocycles. The van der Waals surface area contributed by atoms with E-state index in [0.717, 1.165) is 22.0 Å². The third-order valence-electron chi connectivity index (χ3n) is 3.20. The van der Waals surface area contributed by atoms with Crippen LogP contribution in [0.25, 0.3) is 0 Å². The van der Waals surface area contributed by atoms with E-state index in [2.05, 4.69) is 11.9 Å². The first kappa shape index (κ1) is 15.5. The number of hydrogen-bond acceptors (Lipinski definition) is 5. The van der Waals surface area contributed by atoms with Crippen molar-refractivity contribution in [2.24, 2.45) is 5.73 Å². The Morgan fingerprint density at radius 2 is 1.90 bits per heavy atom. The maximum Gasteiger partial charge on any atom is 0.231 e. The van der Waals surface area contributed by atoms with Crippen molar-refractivity contribution in [2.45, 2.75) is 26.9 Å². The number of primary amides is 1. The van der Waals surface area contributed by atoms with Crippen molar-refractivity contribution in [1.82, 2.24) is 9.88 Å². The minimum absolute atomic E-state index is 0.210. The number of nitrogens with zero attached hydrogens (tertiary/aromatic N) is 2. The number of aryl methyl sites for hydroxylation is 2. The van der Waals surface area contributed by atoms with Crippen molar-refractivity contribution in [2.75, 3.05) is 12.3 Å². The average Bonchev–Trinajstić information content (AvgIpc) is 2.70. The molecule has 0 atom stereocenters. The highest BCUT2D eigenvalue weighted by atomic mass is 32.1. The van der Waals surface area contributed by atoms with Gasteiger partial charge >= 0.3 is 0 Å². The molecule has 1 heterocycles. The number of anilines is 1. The topological polar surface area (TPSA) is 85.2 Å². The zero-order chi connectivity index (χ0) is 15.4. The van der Waals surface area contributed by atoms with Gasteiger partial charge in [-0.2, -0.15) is 0 Å². The van der Waals surface area contributed by atoms with E-state index in [1.165, 1.54) is 4.88 Å². The maximum atomic E-state index is 11.3. The average molecular weight is 304 g/mol. The number of carbonyl (C=O) groups is 1. The van der Waals surface area contributed by atoms with E-state index in [4.69, 9.17) is 11.5 Å². The number of thiazole rings is 1. The molecule has 6 heteroatoms. The van der Waals surface area contributed by atoms with Crippen LogP contribution < -0.4 is 11.5 Å². The molecule has 4 N–H and O–H groups in total. The molecule has 1 aromatic heterocycles. The molecule has 0 aliphatic carbocycles. The molecule has 0 fully saturated rings. The second-order valence-electron chi connectivity index (χ2n) is 5.10. The van der Waals surface area contributed by atoms with Crippen LogP contribution >= 0.6 is 11.3 Å². The van der Waals surface area contributed by atoms with Gasteiger partial charge in [-0.3, -0.25) is 9.69 Å². The molecule has 21 heavy (non-hydrogen) atoms. The second-order valence-corrected chi connectivity index (χ2v) is 6.39. The first-order valence-electron chi connectivity index (χ1n) is 6.72. The summed E-state index contributed by atoms with van der Waals surface area (Å²) in [4.78, 5) is 19.0. The normalized spacial score (nSPS) is 11.0. The Bertz CT molecular complexity index is 602. The van der Waals surface area contributed by atoms with Crippen LogP contribution in [-0.4, -0.2) is 22.3 Å². The zero-order valence-electron chi connectivity index (χ0n) is 12.3. The summed E-state index contributed by atoms with van der Waals surface area (Å²) in [5, 5.41) is 1.00. The van der Waals surface area contributed by atoms with Crippen molar-refractivity contribution < 1.29 is 4.79 Å². The van der Waals surface area contributed by atoms with Gasteiger partial charge < -0.3 is 11.5 Å². The molecule has 112 valence electrons. The number of benzene rings is 1. The molecule has 0 radical (unpaired) electrons. The fourth-order valence-corrected chi connectivity index (χ4v) is 3.04. The Hall–Kier alpha value is -1.92. The summed E-state index contributed by atoms with van der Waals surface area (Å²) in [6.45, 7) is 5.51. The highest BCUT2D eigenvalue weighted by molar-refractivity contribution is 7.11. The van der Waals surface area contributed by atoms with Crippen molar-refractivity contribution in [3.63, 3.8) is 0 Å². The van der Waals surface area contributed by atoms with Gasteiger partial charge in [0, 0.05) is 17.1 Å². The monoisotopic (exact) mass is 304 g/mol. The van der Waals surface area contributed by atoms with Gasteiger partial charge in [0.2, 0.25) is 5.91 Å². The molecule has 0 saturated heterocycles. The smallest absolute Gasteiger partial charge is 0.231 e. The summed E-state index contributed by atoms with van der Waals surface area (Å²) in [7, 11) is 0. The van der Waals surface area contributed by atoms with Gasteiger partial charge in [-0.05, 0) is 31.5 Å². The molecular formula is C15H20N4OS. The summed E-state index contributed by atoms with van der Waals surface area (Å²) in [5.41, 5.74) is 13.9. The Balaban J connectivity index is 2.10. The minimum Gasteiger partial charge on any atom is -0.399 e. The molecule has 1 amide bonds. The fraction of sp³-hybridized carbons (Fsp3) is 0.333. The van der Waals surface area contributed by atoms with E-state index in [9.17, 15) is 4.79 Å². The lowest BCUT2D eigenvalue weighted by Crippen LogP contribution is -2.33. The Labute approximate surface area is 128 Å². The number of hydrogen-bond donors (Lipinski definition) is 2. The summed E-state index contributed by atoms with van der Waals surface area (Å²) in [6.07, 6.45) is 0. The number of rotatable bonds is 6. The molecule has 0 spiro atoms. The molecule has 2 aromatic rings. The van der Waals surface area contributed by atoms with E-state index >= 15 is 0 Å². The Morgan fingerprint density at radius 1 is 1.24 bits per heavy atom. The summed E-state index contributed by atoms with van der Waals surface area (Å²) in [6, 6.07) is 7.63. The molecular weight excluding hydrogens is 284 g/mol. The highest BCUT2D eigenvalue weighted by Crippen LogP contribution is 2.19. The van der Waals surface area contributed by atoms with E-state index in [1.54, 1.807) is 11.3 Å². The van der Waals surface area contributed by atoms with Crippen LogP contribution in [0.3, 0.4) is 0 Å². The molecule has 1 aromatic carbocycles. The predicted molar refractivity (Wildman–Crippen MR) is 85.8 cm³/mol. The molecule has 2 rings (SSSR count). The number of nitrogen functional groups attached to an aromatic ring is 1. The number of nitrogens with two attached hydrogens (primary N) is 2. The van der Waals surface area contributed by atoms with E-state index in [-0.39, 0.29) is 12.5 Å². The van der Waals surface area contributed by atoms with Gasteiger partial charge in [0.1, 0.15) is 5.01 Å². The summed E-state index contributed by atoms with van der Waals surface area (Å²) in [5.74, 6) is -0.338. The van der Waals surface area contributed by atoms with E-state index in [1.807, 2.05) is 36.1 Å². The van der Waals surface area contributed by atoms with Gasteiger partial charge in [0.15, 0.2) is 0 Å². The van der Waals surface area contributed by atoms with Crippen LogP contribution in [0.2, 0.25) is 0 Å². The predicted octanol–water partition coefficient (Wildman–Crippen LogP) is 1.83. The van der Waals surface area contributed by atoms with E-state index in [0.29, 0.717) is 13.1 Å². The first-order chi connectivity index (χ1) is 9.94. The van der Waals surface area contributed by atoms with Crippen LogP contribution in [-0.2, 0) is 17.9 Å². The van der Waals surface area contributed by atoms with Crippen molar-refractivity contribution in [3.8, 4) is 0 Å². The first-order valence-corrected chi connectivity index (χ1v) is 7.53. The summed E-state index contributed by atoms with van der Waals surface area (Å²) >= 11 is 1.66. The lowest BCUT2D eigenvalue weighted by molar-refractivity contribution is -0.119. The molecule has 0 saturated carbocycles. The number of carbonyl (C=O) groups excluding carboxylic acids is 1. The summed E-state index contributed by atoms with van der Waals surface area (Å²) < 4.78 is 0. The van der Waals surface area contributed by atoms with Crippen molar-refractivity contribution in [3.05, 3.63) is 45.4 Å². The molecule has 0 aliphatic rings. The largest absolute Gasteiger partial charge is 0.399 e. The van der Waals surface area contributed by atoms with Gasteiger partial charge in [0.05, 0.1) is 18.8 Å². The number of amides is 1. The SMILES string of the molecule is Cc1nc(CN(CC(N)=O)Cc2ccc(N)cc2)sc1C. The van der Waals surface area contributed by atoms with Crippen LogP contribution in [0.4, 0.5) is 5.69 Å². The lowest BCUT2D eigenvalue weighted by Gasteiger charge is -2.19. The van der Waals surface area contributed by atoms with Gasteiger partial charge in [-0.1, -0.05) is 12.1 Å². The third kappa shape index (κ3) is 4.54. The fourth-order valence-electron chi connectivity index (χ4n) is 2.07. The standard InChI is InChI=1S/C15H20N4OS/c1-10-11(2)21-15(18-10)9-19(8-14(17)20)7-12-3-5-13(16)6-4-12/h3-6H,7-9,16H2,1-2H3,(H2,17,20). The lowest BCUT2D eigenvalue weighted by atomic mass is 10.2. The number of aromatic nitrogens is 1. The second kappa shape index (κ2) is 6.69. The van der Waals surface area contributed by atoms with Crippen LogP contribution in [0.1, 0.15) is 21.1 Å². The Kier molecular flexibility index (Phi) is 4.93. The van der Waals surface area contributed by atoms with Gasteiger partial charge in [0.25, 0.3) is 0 Å². The molecule has 5 nitrogen and oxygen atoms in total. The van der Waals surface area contributed by atoms with Gasteiger partial charge in [-0.15, -0.1) is 11.3 Å². The Morgan fingerprint density at radius 3 is 2.43 bits per heavy atom. The van der Waals surface area contributed by atoms with Crippen LogP contribution in [0.5, 0.6) is 0 Å². The zero-order valence-corrected chi connectivity index (χ0v) is 13.1. The van der Waals surface area contributed by atoms with Crippen molar-refractivity contribution in [1.29, 1.82) is 0 Å². The van der Waals surface area contributed by atoms with Crippen LogP contribution in [0, 0.1) is 13.8 Å². The van der Waals surface area contributed by atoms with Crippen molar-refractivity contribution >= 4 is 22.9 Å². The molecule has 0 bridgehead atoms. The van der Waals surface area contributed by atoms with E-state index < -0.39 is 0 Å². The third-order valence-corrected chi connectivity index (χ3v) is 4.25. The minimum atomic E-state index is -0.338. The van der Waals surface area contributed by atoms with Gasteiger partial charge in [-0.25, -0.2) is 4.98 Å². The maximum absolute atomic E-state index is 11.3. The highest BCUT2D eigenvalue weighted by Gasteiger charge is 2.13. The quantitative estimate of drug-likeness (QED) is 0.797. The molecule has 0 unspecified atom stereocenters. The van der Waals surface area contributed by atoms with Crippen LogP contribution in [0.15, 0.2) is 24.3 Å².